The third kappa shape index (κ3) is 4.53. The zero-order chi connectivity index (χ0) is 33.1. The van der Waals surface area contributed by atoms with Crippen LogP contribution in [0.5, 0.6) is 0 Å². The molecule has 3 atom stereocenters. The lowest BCUT2D eigenvalue weighted by molar-refractivity contribution is 0.327. The van der Waals surface area contributed by atoms with Gasteiger partial charge in [0.2, 0.25) is 0 Å². The molecule has 0 saturated heterocycles. The molecule has 0 N–H and O–H groups in total. The summed E-state index contributed by atoms with van der Waals surface area (Å²) in [6.07, 6.45) is 5.36. The summed E-state index contributed by atoms with van der Waals surface area (Å²) in [5.74, 6) is 1.55. The molecular weight excluding hydrogens is 603 g/mol. The summed E-state index contributed by atoms with van der Waals surface area (Å²) in [7, 11) is 0. The maximum Gasteiger partial charge on any atom is 0.0543 e. The van der Waals surface area contributed by atoms with Gasteiger partial charge in [0.05, 0.1) is 11.4 Å². The molecule has 7 aromatic rings. The Labute approximate surface area is 295 Å². The van der Waals surface area contributed by atoms with Crippen LogP contribution >= 0.6 is 0 Å². The Morgan fingerprint density at radius 2 is 1.04 bits per heavy atom. The van der Waals surface area contributed by atoms with Gasteiger partial charge in [0, 0.05) is 22.2 Å². The normalized spacial score (nSPS) is 19.8. The van der Waals surface area contributed by atoms with Crippen molar-refractivity contribution in [3.8, 4) is 44.5 Å². The van der Waals surface area contributed by atoms with Crippen LogP contribution < -0.4 is 4.90 Å². The average Bonchev–Trinajstić information content (AvgIpc) is 3.89. The van der Waals surface area contributed by atoms with E-state index in [1.165, 1.54) is 87.1 Å². The zero-order valence-electron chi connectivity index (χ0n) is 28.2. The first-order valence-electron chi connectivity index (χ1n) is 18.2. The standard InChI is InChI=1S/C49H39N/c1-4-13-35(14-5-1)37-24-28-41(29-25-37)50(46-30-26-39(36-15-6-2-7-16-36)32-43(46)38-17-8-3-9-18-38)47-22-12-21-45-48(47)42-19-10-11-20-44(42)49(45)33-34-23-27-40(49)31-34/h1-22,24-26,28-30,32,34,40H,23,27,31,33H2. The van der Waals surface area contributed by atoms with Gasteiger partial charge >= 0.3 is 0 Å². The molecule has 0 aromatic heterocycles. The fraction of sp³-hybridized carbons (Fsp3) is 0.143. The maximum atomic E-state index is 2.55. The van der Waals surface area contributed by atoms with Crippen LogP contribution in [0.15, 0.2) is 176 Å². The molecular formula is C49H39N. The second-order valence-electron chi connectivity index (χ2n) is 14.5. The molecule has 2 bridgehead atoms. The van der Waals surface area contributed by atoms with Gasteiger partial charge in [0.15, 0.2) is 0 Å². The summed E-state index contributed by atoms with van der Waals surface area (Å²) in [6, 6.07) is 65.2. The fourth-order valence-corrected chi connectivity index (χ4v) is 9.84. The molecule has 3 unspecified atom stereocenters. The van der Waals surface area contributed by atoms with Crippen molar-refractivity contribution in [2.45, 2.75) is 31.1 Å². The van der Waals surface area contributed by atoms with Gasteiger partial charge < -0.3 is 4.90 Å². The van der Waals surface area contributed by atoms with Crippen LogP contribution in [0.25, 0.3) is 44.5 Å². The molecule has 0 amide bonds. The van der Waals surface area contributed by atoms with Gasteiger partial charge in [-0.1, -0.05) is 152 Å². The number of rotatable bonds is 6. The second-order valence-corrected chi connectivity index (χ2v) is 14.5. The highest BCUT2D eigenvalue weighted by Gasteiger charge is 2.57. The van der Waals surface area contributed by atoms with Gasteiger partial charge in [-0.2, -0.15) is 0 Å². The summed E-state index contributed by atoms with van der Waals surface area (Å²) in [6.45, 7) is 0. The number of fused-ring (bicyclic) bond motifs is 8. The van der Waals surface area contributed by atoms with Crippen molar-refractivity contribution < 1.29 is 0 Å². The van der Waals surface area contributed by atoms with Crippen molar-refractivity contribution in [1.29, 1.82) is 0 Å². The molecule has 240 valence electrons. The van der Waals surface area contributed by atoms with Crippen LogP contribution in [0.2, 0.25) is 0 Å². The van der Waals surface area contributed by atoms with E-state index in [1.807, 2.05) is 0 Å². The third-order valence-corrected chi connectivity index (χ3v) is 12.0. The lowest BCUT2D eigenvalue weighted by atomic mass is 9.67. The summed E-state index contributed by atoms with van der Waals surface area (Å²) >= 11 is 0. The van der Waals surface area contributed by atoms with E-state index in [9.17, 15) is 0 Å². The Kier molecular flexibility index (Phi) is 6.88. The minimum absolute atomic E-state index is 0.118. The molecule has 3 aliphatic rings. The largest absolute Gasteiger partial charge is 0.309 e. The van der Waals surface area contributed by atoms with E-state index in [0.717, 1.165) is 11.6 Å². The van der Waals surface area contributed by atoms with E-state index in [4.69, 9.17) is 0 Å². The van der Waals surface area contributed by atoms with Crippen molar-refractivity contribution in [3.63, 3.8) is 0 Å². The Hall–Kier alpha value is -5.66. The van der Waals surface area contributed by atoms with Crippen LogP contribution in [0, 0.1) is 11.8 Å². The Morgan fingerprint density at radius 3 is 1.72 bits per heavy atom. The second kappa shape index (κ2) is 11.7. The van der Waals surface area contributed by atoms with Crippen molar-refractivity contribution in [1.82, 2.24) is 0 Å². The molecule has 0 heterocycles. The van der Waals surface area contributed by atoms with Crippen molar-refractivity contribution in [2.24, 2.45) is 11.8 Å². The SMILES string of the molecule is c1ccc(-c2ccc(N(c3ccc(-c4ccccc4)cc3-c3ccccc3)c3cccc4c3-c3ccccc3C43CC4CCC3C4)cc2)cc1. The van der Waals surface area contributed by atoms with Crippen LogP contribution in [0.3, 0.4) is 0 Å². The molecule has 1 spiro atoms. The predicted octanol–water partition coefficient (Wildman–Crippen LogP) is 13.2. The highest BCUT2D eigenvalue weighted by Crippen LogP contribution is 2.67. The van der Waals surface area contributed by atoms with E-state index in [-0.39, 0.29) is 5.41 Å². The maximum absolute atomic E-state index is 2.55. The first-order chi connectivity index (χ1) is 24.8. The first-order valence-corrected chi connectivity index (χ1v) is 18.2. The smallest absolute Gasteiger partial charge is 0.0543 e. The topological polar surface area (TPSA) is 3.24 Å². The number of anilines is 3. The zero-order valence-corrected chi connectivity index (χ0v) is 28.2. The minimum atomic E-state index is 0.118. The number of nitrogens with zero attached hydrogens (tertiary/aromatic N) is 1. The molecule has 1 heteroatoms. The predicted molar refractivity (Wildman–Crippen MR) is 209 cm³/mol. The fourth-order valence-electron chi connectivity index (χ4n) is 9.84. The molecule has 50 heavy (non-hydrogen) atoms. The molecule has 2 saturated carbocycles. The van der Waals surface area contributed by atoms with Crippen molar-refractivity contribution in [3.05, 3.63) is 187 Å². The van der Waals surface area contributed by atoms with Crippen LogP contribution in [-0.2, 0) is 5.41 Å². The van der Waals surface area contributed by atoms with Gasteiger partial charge in [-0.05, 0) is 106 Å². The summed E-state index contributed by atoms with van der Waals surface area (Å²) in [5.41, 5.74) is 17.0. The highest BCUT2D eigenvalue weighted by molar-refractivity contribution is 5.99. The van der Waals surface area contributed by atoms with Gasteiger partial charge in [-0.15, -0.1) is 0 Å². The summed E-state index contributed by atoms with van der Waals surface area (Å²) < 4.78 is 0. The quantitative estimate of drug-likeness (QED) is 0.175. The Balaban J connectivity index is 1.23. The highest BCUT2D eigenvalue weighted by atomic mass is 15.1. The van der Waals surface area contributed by atoms with Crippen molar-refractivity contribution in [2.75, 3.05) is 4.90 Å². The Bertz CT molecular complexity index is 2320. The van der Waals surface area contributed by atoms with Crippen LogP contribution in [0.1, 0.15) is 36.8 Å². The van der Waals surface area contributed by atoms with Gasteiger partial charge in [-0.3, -0.25) is 0 Å². The monoisotopic (exact) mass is 641 g/mol. The lowest BCUT2D eigenvalue weighted by Gasteiger charge is -2.37. The summed E-state index contributed by atoms with van der Waals surface area (Å²) in [5, 5.41) is 0. The first kappa shape index (κ1) is 29.3. The molecule has 10 rings (SSSR count). The van der Waals surface area contributed by atoms with Crippen LogP contribution in [0.4, 0.5) is 17.1 Å². The molecule has 2 fully saturated rings. The van der Waals surface area contributed by atoms with E-state index >= 15 is 0 Å². The molecule has 1 nitrogen and oxygen atoms in total. The van der Waals surface area contributed by atoms with E-state index in [0.29, 0.717) is 5.92 Å². The summed E-state index contributed by atoms with van der Waals surface area (Å²) in [4.78, 5) is 2.55. The number of hydrogen-bond acceptors (Lipinski definition) is 1. The van der Waals surface area contributed by atoms with Gasteiger partial charge in [-0.25, -0.2) is 0 Å². The average molecular weight is 642 g/mol. The number of benzene rings is 7. The molecule has 7 aromatic carbocycles. The lowest BCUT2D eigenvalue weighted by Crippen LogP contribution is -2.31. The third-order valence-electron chi connectivity index (χ3n) is 12.0. The molecule has 0 radical (unpaired) electrons. The number of hydrogen-bond donors (Lipinski definition) is 0. The van der Waals surface area contributed by atoms with Gasteiger partial charge in [0.25, 0.3) is 0 Å². The van der Waals surface area contributed by atoms with Crippen molar-refractivity contribution >= 4 is 17.1 Å². The van der Waals surface area contributed by atoms with Crippen LogP contribution in [-0.4, -0.2) is 0 Å². The van der Waals surface area contributed by atoms with E-state index in [1.54, 1.807) is 5.56 Å². The Morgan fingerprint density at radius 1 is 0.440 bits per heavy atom. The molecule has 3 aliphatic carbocycles. The van der Waals surface area contributed by atoms with E-state index < -0.39 is 0 Å². The van der Waals surface area contributed by atoms with E-state index in [2.05, 4.69) is 181 Å². The van der Waals surface area contributed by atoms with Gasteiger partial charge in [0.1, 0.15) is 0 Å². The minimum Gasteiger partial charge on any atom is -0.309 e. The molecule has 0 aliphatic heterocycles.